The lowest BCUT2D eigenvalue weighted by Crippen LogP contribution is -2.37. The molecule has 0 aromatic rings. The highest BCUT2D eigenvalue weighted by atomic mass is 16.3. The summed E-state index contributed by atoms with van der Waals surface area (Å²) in [7, 11) is 0. The van der Waals surface area contributed by atoms with Gasteiger partial charge in [0.25, 0.3) is 0 Å². The van der Waals surface area contributed by atoms with Crippen LogP contribution in [0, 0.1) is 4.91 Å². The van der Waals surface area contributed by atoms with Crippen LogP contribution in [0.1, 0.15) is 6.92 Å². The summed E-state index contributed by atoms with van der Waals surface area (Å²) >= 11 is 0. The first-order valence-corrected chi connectivity index (χ1v) is 4.14. The lowest BCUT2D eigenvalue weighted by Gasteiger charge is -2.06. The second-order valence-electron chi connectivity index (χ2n) is 2.55. The number of amides is 1. The summed E-state index contributed by atoms with van der Waals surface area (Å²) in [5.74, 6) is -0.374. The van der Waals surface area contributed by atoms with Gasteiger partial charge in [-0.25, -0.2) is 0 Å². The first-order chi connectivity index (χ1) is 6.22. The van der Waals surface area contributed by atoms with Gasteiger partial charge in [0.05, 0.1) is 6.61 Å². The van der Waals surface area contributed by atoms with E-state index in [0.29, 0.717) is 19.6 Å². The van der Waals surface area contributed by atoms with Crippen LogP contribution >= 0.6 is 0 Å². The Morgan fingerprint density at radius 2 is 2.15 bits per heavy atom. The minimum absolute atomic E-state index is 0.0697. The number of nitrogens with one attached hydrogen (secondary N) is 2. The Hall–Kier alpha value is -1.01. The van der Waals surface area contributed by atoms with E-state index in [9.17, 15) is 9.70 Å². The Kier molecular flexibility index (Phi) is 7.04. The summed E-state index contributed by atoms with van der Waals surface area (Å²) in [5.41, 5.74) is 0. The molecule has 0 spiro atoms. The molecule has 0 rings (SSSR count). The second kappa shape index (κ2) is 7.63. The maximum absolute atomic E-state index is 10.9. The number of carbonyl (C=O) groups is 1. The molecule has 76 valence electrons. The van der Waals surface area contributed by atoms with E-state index >= 15 is 0 Å². The fraction of sp³-hybridized carbons (Fsp3) is 0.857. The Balaban J connectivity index is 3.32. The zero-order valence-corrected chi connectivity index (χ0v) is 7.62. The number of nitrogens with zero attached hydrogens (tertiary/aromatic N) is 1. The Morgan fingerprint density at radius 1 is 1.46 bits per heavy atom. The third kappa shape index (κ3) is 6.18. The van der Waals surface area contributed by atoms with Crippen molar-refractivity contribution in [3.63, 3.8) is 0 Å². The molecule has 0 saturated carbocycles. The highest BCUT2D eigenvalue weighted by Crippen LogP contribution is 1.85. The maximum Gasteiger partial charge on any atom is 0.248 e. The fourth-order valence-corrected chi connectivity index (χ4v) is 0.674. The van der Waals surface area contributed by atoms with Crippen LogP contribution in [-0.2, 0) is 4.79 Å². The smallest absolute Gasteiger partial charge is 0.248 e. The van der Waals surface area contributed by atoms with Crippen LogP contribution in [-0.4, -0.2) is 43.3 Å². The standard InChI is InChI=1S/C7H15N3O3/c1-6(10-13)7(12)9-3-2-8-4-5-11/h6,8,11H,2-5H2,1H3,(H,9,12). The van der Waals surface area contributed by atoms with Gasteiger partial charge in [-0.15, -0.1) is 4.91 Å². The van der Waals surface area contributed by atoms with Gasteiger partial charge in [-0.05, 0) is 6.92 Å². The number of hydrogen-bond acceptors (Lipinski definition) is 5. The molecule has 3 N–H and O–H groups in total. The van der Waals surface area contributed by atoms with Gasteiger partial charge in [-0.1, -0.05) is 5.18 Å². The van der Waals surface area contributed by atoms with Crippen LogP contribution in [0.4, 0.5) is 0 Å². The van der Waals surface area contributed by atoms with Gasteiger partial charge in [0.15, 0.2) is 6.04 Å². The van der Waals surface area contributed by atoms with E-state index in [-0.39, 0.29) is 12.5 Å². The molecule has 13 heavy (non-hydrogen) atoms. The normalized spacial score (nSPS) is 12.2. The molecular formula is C7H15N3O3. The predicted molar refractivity (Wildman–Crippen MR) is 48.2 cm³/mol. The minimum Gasteiger partial charge on any atom is -0.395 e. The van der Waals surface area contributed by atoms with E-state index in [1.54, 1.807) is 0 Å². The van der Waals surface area contributed by atoms with Crippen molar-refractivity contribution in [2.45, 2.75) is 13.0 Å². The molecule has 1 amide bonds. The lowest BCUT2D eigenvalue weighted by atomic mass is 10.3. The lowest BCUT2D eigenvalue weighted by molar-refractivity contribution is -0.121. The zero-order valence-electron chi connectivity index (χ0n) is 7.62. The van der Waals surface area contributed by atoms with Gasteiger partial charge >= 0.3 is 0 Å². The Morgan fingerprint density at radius 3 is 2.69 bits per heavy atom. The monoisotopic (exact) mass is 189 g/mol. The van der Waals surface area contributed by atoms with Crippen LogP contribution in [0.15, 0.2) is 5.18 Å². The molecule has 0 heterocycles. The third-order valence-corrected chi connectivity index (χ3v) is 1.43. The summed E-state index contributed by atoms with van der Waals surface area (Å²) in [4.78, 5) is 20.8. The molecule has 0 saturated heterocycles. The highest BCUT2D eigenvalue weighted by Gasteiger charge is 2.10. The summed E-state index contributed by atoms with van der Waals surface area (Å²) in [6, 6.07) is -0.835. The van der Waals surface area contributed by atoms with Crippen LogP contribution < -0.4 is 10.6 Å². The SMILES string of the molecule is CC(N=O)C(=O)NCCNCCO. The number of carbonyl (C=O) groups excluding carboxylic acids is 1. The van der Waals surface area contributed by atoms with E-state index in [2.05, 4.69) is 15.8 Å². The molecular weight excluding hydrogens is 174 g/mol. The Labute approximate surface area is 76.7 Å². The van der Waals surface area contributed by atoms with Crippen molar-refractivity contribution in [2.24, 2.45) is 5.18 Å². The molecule has 1 unspecified atom stereocenters. The van der Waals surface area contributed by atoms with Crippen LogP contribution in [0.2, 0.25) is 0 Å². The van der Waals surface area contributed by atoms with E-state index in [4.69, 9.17) is 5.11 Å². The van der Waals surface area contributed by atoms with E-state index in [0.717, 1.165) is 0 Å². The van der Waals surface area contributed by atoms with Crippen molar-refractivity contribution in [1.29, 1.82) is 0 Å². The van der Waals surface area contributed by atoms with Crippen molar-refractivity contribution in [2.75, 3.05) is 26.2 Å². The van der Waals surface area contributed by atoms with Crippen molar-refractivity contribution < 1.29 is 9.90 Å². The van der Waals surface area contributed by atoms with Gasteiger partial charge in [-0.2, -0.15) is 0 Å². The first-order valence-electron chi connectivity index (χ1n) is 4.14. The maximum atomic E-state index is 10.9. The highest BCUT2D eigenvalue weighted by molar-refractivity contribution is 5.81. The van der Waals surface area contributed by atoms with Crippen molar-refractivity contribution in [3.05, 3.63) is 4.91 Å². The molecule has 0 aliphatic heterocycles. The molecule has 0 aliphatic carbocycles. The van der Waals surface area contributed by atoms with Crippen LogP contribution in [0.5, 0.6) is 0 Å². The van der Waals surface area contributed by atoms with Gasteiger partial charge in [0.2, 0.25) is 5.91 Å². The van der Waals surface area contributed by atoms with Crippen LogP contribution in [0.3, 0.4) is 0 Å². The quantitative estimate of drug-likeness (QED) is 0.348. The zero-order chi connectivity index (χ0) is 10.1. The molecule has 0 aromatic heterocycles. The average molecular weight is 189 g/mol. The average Bonchev–Trinajstić information content (AvgIpc) is 2.16. The topological polar surface area (TPSA) is 90.8 Å². The largest absolute Gasteiger partial charge is 0.395 e. The number of aliphatic hydroxyl groups is 1. The molecule has 6 nitrogen and oxygen atoms in total. The molecule has 0 aromatic carbocycles. The first kappa shape index (κ1) is 12.0. The molecule has 0 bridgehead atoms. The molecule has 0 aliphatic rings. The second-order valence-corrected chi connectivity index (χ2v) is 2.55. The summed E-state index contributed by atoms with van der Waals surface area (Å²) in [6.07, 6.45) is 0. The molecule has 1 atom stereocenters. The number of hydrogen-bond donors (Lipinski definition) is 3. The number of rotatable bonds is 7. The van der Waals surface area contributed by atoms with Gasteiger partial charge < -0.3 is 15.7 Å². The van der Waals surface area contributed by atoms with E-state index in [1.165, 1.54) is 6.92 Å². The van der Waals surface area contributed by atoms with Gasteiger partial charge in [0, 0.05) is 19.6 Å². The summed E-state index contributed by atoms with van der Waals surface area (Å²) in [5, 5.41) is 16.4. The third-order valence-electron chi connectivity index (χ3n) is 1.43. The van der Waals surface area contributed by atoms with E-state index in [1.807, 2.05) is 0 Å². The summed E-state index contributed by atoms with van der Waals surface area (Å²) < 4.78 is 0. The minimum atomic E-state index is -0.835. The van der Waals surface area contributed by atoms with Crippen LogP contribution in [0.25, 0.3) is 0 Å². The van der Waals surface area contributed by atoms with Gasteiger partial charge in [-0.3, -0.25) is 4.79 Å². The molecule has 0 fully saturated rings. The molecule has 6 heteroatoms. The predicted octanol–water partition coefficient (Wildman–Crippen LogP) is -1.16. The van der Waals surface area contributed by atoms with Crippen molar-refractivity contribution in [3.8, 4) is 0 Å². The summed E-state index contributed by atoms with van der Waals surface area (Å²) in [6.45, 7) is 3.00. The fourth-order valence-electron chi connectivity index (χ4n) is 0.674. The van der Waals surface area contributed by atoms with Crippen molar-refractivity contribution >= 4 is 5.91 Å². The van der Waals surface area contributed by atoms with Crippen molar-refractivity contribution in [1.82, 2.24) is 10.6 Å². The Bertz CT molecular complexity index is 163. The molecule has 0 radical (unpaired) electrons. The number of nitroso groups, excluding NO2 is 1. The van der Waals surface area contributed by atoms with Gasteiger partial charge in [0.1, 0.15) is 0 Å². The number of aliphatic hydroxyl groups excluding tert-OH is 1. The van der Waals surface area contributed by atoms with E-state index < -0.39 is 6.04 Å².